The number of carbonyl (C=O) groups excluding carboxylic acids is 2. The van der Waals surface area contributed by atoms with Crippen molar-refractivity contribution in [3.05, 3.63) is 83.2 Å². The Morgan fingerprint density at radius 3 is 2.54 bits per heavy atom. The van der Waals surface area contributed by atoms with Gasteiger partial charge in [0.05, 0.1) is 4.53 Å². The molecule has 0 radical (unpaired) electrons. The van der Waals surface area contributed by atoms with E-state index in [-0.39, 0.29) is 35.8 Å². The molecule has 3 aromatic rings. The van der Waals surface area contributed by atoms with E-state index in [2.05, 4.69) is 19.2 Å². The van der Waals surface area contributed by atoms with Crippen molar-refractivity contribution in [1.82, 2.24) is 9.88 Å². The summed E-state index contributed by atoms with van der Waals surface area (Å²) in [6.07, 6.45) is 8.27. The smallest absolute Gasteiger partial charge is 0.269 e. The number of hydrogen-bond donors (Lipinski definition) is 1. The summed E-state index contributed by atoms with van der Waals surface area (Å²) < 4.78 is 8.29. The monoisotopic (exact) mass is 612 g/mol. The lowest BCUT2D eigenvalue weighted by molar-refractivity contribution is -0.123. The van der Waals surface area contributed by atoms with Crippen LogP contribution in [0.3, 0.4) is 0 Å². The van der Waals surface area contributed by atoms with Crippen molar-refractivity contribution in [3.63, 3.8) is 0 Å². The number of rotatable bonds is 9. The standard InChI is InChI=1S/C32H34Cl2N2O4S/c1-19-4-3-5-27(20(19)2)35-30(38)17-36-31(16-28(37)22-8-9-22)41-29(32(36)39)14-21-6-12-25(13-7-21)40-18-23-10-11-24(33)15-26(23)34/h6-7,10-16,19-20,22,27H,3-5,8-9,17-18H2,1-2H3,(H,35,38)/b29-14-,31-16+. The molecule has 1 aromatic heterocycles. The topological polar surface area (TPSA) is 77.4 Å². The number of aromatic nitrogens is 1. The molecule has 9 heteroatoms. The number of amides is 1. The molecular weight excluding hydrogens is 579 g/mol. The van der Waals surface area contributed by atoms with Crippen LogP contribution in [-0.2, 0) is 22.7 Å². The first-order valence-electron chi connectivity index (χ1n) is 14.1. The summed E-state index contributed by atoms with van der Waals surface area (Å²) >= 11 is 13.4. The molecule has 1 amide bonds. The van der Waals surface area contributed by atoms with E-state index in [1.807, 2.05) is 30.3 Å². The van der Waals surface area contributed by atoms with E-state index in [0.29, 0.717) is 43.4 Å². The van der Waals surface area contributed by atoms with Crippen molar-refractivity contribution in [2.75, 3.05) is 0 Å². The molecule has 2 aliphatic carbocycles. The Hall–Kier alpha value is -2.87. The fraction of sp³-hybridized carbons (Fsp3) is 0.406. The number of Topliss-reactive ketones (excluding diaryl/α,β-unsaturated/α-hetero) is 1. The number of hydrogen-bond acceptors (Lipinski definition) is 5. The van der Waals surface area contributed by atoms with Crippen LogP contribution in [0.4, 0.5) is 0 Å². The normalized spacial score (nSPS) is 21.6. The number of ketones is 1. The number of nitrogens with zero attached hydrogens (tertiary/aromatic N) is 1. The fourth-order valence-corrected chi connectivity index (χ4v) is 6.71. The second kappa shape index (κ2) is 13.0. The second-order valence-corrected chi connectivity index (χ2v) is 13.1. The van der Waals surface area contributed by atoms with Crippen molar-refractivity contribution in [3.8, 4) is 5.75 Å². The van der Waals surface area contributed by atoms with E-state index >= 15 is 0 Å². The van der Waals surface area contributed by atoms with E-state index in [0.717, 1.165) is 36.8 Å². The van der Waals surface area contributed by atoms with Gasteiger partial charge < -0.3 is 10.1 Å². The zero-order valence-electron chi connectivity index (χ0n) is 23.2. The first-order valence-corrected chi connectivity index (χ1v) is 15.7. The van der Waals surface area contributed by atoms with Crippen LogP contribution in [0.25, 0.3) is 12.2 Å². The number of carbonyl (C=O) groups is 2. The Balaban J connectivity index is 1.35. The number of thiazole rings is 1. The predicted octanol–water partition coefficient (Wildman–Crippen LogP) is 5.32. The minimum absolute atomic E-state index is 0.0176. The lowest BCUT2D eigenvalue weighted by Crippen LogP contribution is -2.46. The van der Waals surface area contributed by atoms with Crippen LogP contribution in [0.1, 0.15) is 57.1 Å². The molecule has 216 valence electrons. The molecular formula is C32H34Cl2N2O4S. The van der Waals surface area contributed by atoms with Gasteiger partial charge in [-0.3, -0.25) is 19.0 Å². The summed E-state index contributed by atoms with van der Waals surface area (Å²) in [6, 6.07) is 12.7. The Morgan fingerprint density at radius 2 is 1.83 bits per heavy atom. The lowest BCUT2D eigenvalue weighted by Gasteiger charge is -2.34. The van der Waals surface area contributed by atoms with Crippen molar-refractivity contribution in [2.24, 2.45) is 17.8 Å². The van der Waals surface area contributed by atoms with Crippen LogP contribution in [-0.4, -0.2) is 22.3 Å². The van der Waals surface area contributed by atoms with Crippen LogP contribution in [0.15, 0.2) is 47.3 Å². The molecule has 2 aliphatic rings. The Kier molecular flexibility index (Phi) is 9.37. The van der Waals surface area contributed by atoms with Gasteiger partial charge >= 0.3 is 0 Å². The molecule has 2 aromatic carbocycles. The third-order valence-electron chi connectivity index (χ3n) is 8.12. The van der Waals surface area contributed by atoms with Crippen LogP contribution >= 0.6 is 34.5 Å². The van der Waals surface area contributed by atoms with Gasteiger partial charge in [0.15, 0.2) is 5.78 Å². The molecule has 6 nitrogen and oxygen atoms in total. The zero-order valence-corrected chi connectivity index (χ0v) is 25.5. The highest BCUT2D eigenvalue weighted by molar-refractivity contribution is 7.07. The Morgan fingerprint density at radius 1 is 1.07 bits per heavy atom. The van der Waals surface area contributed by atoms with Crippen molar-refractivity contribution in [1.29, 1.82) is 0 Å². The van der Waals surface area contributed by atoms with Gasteiger partial charge in [-0.15, -0.1) is 11.3 Å². The minimum Gasteiger partial charge on any atom is -0.489 e. The molecule has 1 N–H and O–H groups in total. The highest BCUT2D eigenvalue weighted by Crippen LogP contribution is 2.30. The number of halogens is 2. The van der Waals surface area contributed by atoms with E-state index in [1.165, 1.54) is 22.3 Å². The quantitative estimate of drug-likeness (QED) is 0.354. The molecule has 41 heavy (non-hydrogen) atoms. The SMILES string of the molecule is CC1CCCC(NC(=O)Cn2c(=O)/c(=C/c3ccc(OCc4ccc(Cl)cc4Cl)cc3)s/c2=C/C(=O)C2CC2)C1C. The summed E-state index contributed by atoms with van der Waals surface area (Å²) in [6.45, 7) is 4.59. The van der Waals surface area contributed by atoms with Gasteiger partial charge in [-0.25, -0.2) is 0 Å². The maximum atomic E-state index is 13.5. The predicted molar refractivity (Wildman–Crippen MR) is 165 cm³/mol. The zero-order chi connectivity index (χ0) is 29.1. The molecule has 0 aliphatic heterocycles. The minimum atomic E-state index is -0.275. The average molecular weight is 614 g/mol. The molecule has 5 rings (SSSR count). The van der Waals surface area contributed by atoms with Gasteiger partial charge in [0, 0.05) is 33.6 Å². The number of nitrogens with one attached hydrogen (secondary N) is 1. The highest BCUT2D eigenvalue weighted by Gasteiger charge is 2.29. The third-order valence-corrected chi connectivity index (χ3v) is 9.77. The van der Waals surface area contributed by atoms with Gasteiger partial charge in [0.25, 0.3) is 5.56 Å². The summed E-state index contributed by atoms with van der Waals surface area (Å²) in [5, 5.41) is 4.26. The van der Waals surface area contributed by atoms with Gasteiger partial charge in [0.2, 0.25) is 5.91 Å². The first-order chi connectivity index (χ1) is 19.7. The lowest BCUT2D eigenvalue weighted by atomic mass is 9.78. The van der Waals surface area contributed by atoms with E-state index < -0.39 is 0 Å². The molecule has 2 fully saturated rings. The maximum absolute atomic E-state index is 13.5. The largest absolute Gasteiger partial charge is 0.489 e. The highest BCUT2D eigenvalue weighted by atomic mass is 35.5. The van der Waals surface area contributed by atoms with Gasteiger partial charge in [-0.2, -0.15) is 0 Å². The van der Waals surface area contributed by atoms with Crippen molar-refractivity contribution < 1.29 is 14.3 Å². The molecule has 2 saturated carbocycles. The van der Waals surface area contributed by atoms with Crippen LogP contribution < -0.4 is 24.8 Å². The van der Waals surface area contributed by atoms with Gasteiger partial charge in [0.1, 0.15) is 23.6 Å². The third kappa shape index (κ3) is 7.51. The first kappa shape index (κ1) is 29.6. The van der Waals surface area contributed by atoms with E-state index in [1.54, 1.807) is 24.3 Å². The Labute approximate surface area is 253 Å². The summed E-state index contributed by atoms with van der Waals surface area (Å²) in [5.74, 6) is 1.44. The van der Waals surface area contributed by atoms with Gasteiger partial charge in [-0.1, -0.05) is 68.1 Å². The Bertz CT molecular complexity index is 1610. The molecule has 3 unspecified atom stereocenters. The second-order valence-electron chi connectivity index (χ2n) is 11.2. The number of ether oxygens (including phenoxy) is 1. The molecule has 1 heterocycles. The molecule has 0 spiro atoms. The average Bonchev–Trinajstić information content (AvgIpc) is 3.75. The van der Waals surface area contributed by atoms with Gasteiger partial charge in [-0.05, 0) is 67.0 Å². The number of benzene rings is 2. The van der Waals surface area contributed by atoms with Crippen LogP contribution in [0.2, 0.25) is 10.0 Å². The molecule has 0 bridgehead atoms. The van der Waals surface area contributed by atoms with Crippen molar-refractivity contribution in [2.45, 2.75) is 65.1 Å². The van der Waals surface area contributed by atoms with Crippen molar-refractivity contribution >= 4 is 58.4 Å². The van der Waals surface area contributed by atoms with E-state index in [4.69, 9.17) is 27.9 Å². The van der Waals surface area contributed by atoms with Crippen LogP contribution in [0, 0.1) is 17.8 Å². The summed E-state index contributed by atoms with van der Waals surface area (Å²) in [4.78, 5) is 39.2. The molecule has 3 atom stereocenters. The fourth-order valence-electron chi connectivity index (χ4n) is 5.19. The maximum Gasteiger partial charge on any atom is 0.269 e. The van der Waals surface area contributed by atoms with Crippen LogP contribution in [0.5, 0.6) is 5.75 Å². The molecule has 0 saturated heterocycles. The summed E-state index contributed by atoms with van der Waals surface area (Å²) in [5.41, 5.74) is 1.36. The van der Waals surface area contributed by atoms with E-state index in [9.17, 15) is 14.4 Å². The summed E-state index contributed by atoms with van der Waals surface area (Å²) in [7, 11) is 0.